The lowest BCUT2D eigenvalue weighted by molar-refractivity contribution is 1.18. The second kappa shape index (κ2) is 15.8. The van der Waals surface area contributed by atoms with Crippen molar-refractivity contribution in [1.82, 2.24) is 4.57 Å². The number of para-hydroxylation sites is 2. The fourth-order valence-electron chi connectivity index (χ4n) is 9.58. The molecule has 0 spiro atoms. The van der Waals surface area contributed by atoms with Crippen LogP contribution in [-0.2, 0) is 0 Å². The monoisotopic (exact) mass is 814 g/mol. The van der Waals surface area contributed by atoms with Crippen LogP contribution in [-0.4, -0.2) is 4.57 Å². The molecule has 1 aromatic heterocycles. The summed E-state index contributed by atoms with van der Waals surface area (Å²) in [6.45, 7) is 0. The third-order valence-electron chi connectivity index (χ3n) is 12.8. The highest BCUT2D eigenvalue weighted by molar-refractivity contribution is 6.16. The Morgan fingerprint density at radius 3 is 1.28 bits per heavy atom. The lowest BCUT2D eigenvalue weighted by Gasteiger charge is -2.26. The van der Waals surface area contributed by atoms with E-state index in [0.29, 0.717) is 0 Å². The maximum atomic E-state index is 2.39. The first-order valence-electron chi connectivity index (χ1n) is 22.0. The van der Waals surface area contributed by atoms with Crippen LogP contribution in [0.15, 0.2) is 255 Å². The van der Waals surface area contributed by atoms with Crippen LogP contribution in [0.2, 0.25) is 0 Å². The molecule has 0 aliphatic rings. The van der Waals surface area contributed by atoms with Crippen molar-refractivity contribution in [2.75, 3.05) is 4.90 Å². The predicted molar refractivity (Wildman–Crippen MR) is 272 cm³/mol. The molecule has 12 aromatic rings. The Bertz CT molecular complexity index is 3520. The molecule has 300 valence electrons. The van der Waals surface area contributed by atoms with Crippen LogP contribution in [0.25, 0.3) is 93.5 Å². The average molecular weight is 815 g/mol. The van der Waals surface area contributed by atoms with Gasteiger partial charge in [-0.3, -0.25) is 0 Å². The van der Waals surface area contributed by atoms with Gasteiger partial charge < -0.3 is 9.47 Å². The van der Waals surface area contributed by atoms with Gasteiger partial charge in [0.25, 0.3) is 0 Å². The largest absolute Gasteiger partial charge is 0.311 e. The van der Waals surface area contributed by atoms with Gasteiger partial charge in [0.2, 0.25) is 0 Å². The van der Waals surface area contributed by atoms with E-state index >= 15 is 0 Å². The van der Waals surface area contributed by atoms with E-state index in [1.807, 2.05) is 0 Å². The molecule has 0 amide bonds. The molecule has 0 aliphatic heterocycles. The predicted octanol–water partition coefficient (Wildman–Crippen LogP) is 17.2. The summed E-state index contributed by atoms with van der Waals surface area (Å²) in [6.07, 6.45) is 0. The molecule has 0 saturated carbocycles. The summed E-state index contributed by atoms with van der Waals surface area (Å²) in [5.74, 6) is 0. The smallest absolute Gasteiger partial charge is 0.0547 e. The Labute approximate surface area is 373 Å². The van der Waals surface area contributed by atoms with Crippen molar-refractivity contribution in [2.45, 2.75) is 0 Å². The first kappa shape index (κ1) is 37.3. The average Bonchev–Trinajstić information content (AvgIpc) is 3.72. The SMILES string of the molecule is c1ccc(-n2c3ccccc3c3c(-c4cccc(-c5ccc(N(c6ccc(-c7ccc8ccccc8c7)cc6)c6ccc(-c7ccc8ccccc8c7)cc6)cc5)c4)cccc32)cc1. The normalized spacial score (nSPS) is 11.4. The zero-order chi connectivity index (χ0) is 42.4. The topological polar surface area (TPSA) is 8.17 Å². The standard InChI is InChI=1S/C62H42N2/c1-2-18-54(19-3-1)64-60-22-9-8-20-59(60)62-58(21-11-23-61(62)64)53-17-10-16-50(42-53)45-28-34-55(35-29-45)63(56-36-30-46(31-37-56)51-26-24-43-12-4-6-14-48(43)40-51)57-38-32-47(33-39-57)52-27-25-44-13-5-7-15-49(44)41-52/h1-42H. The van der Waals surface area contributed by atoms with Gasteiger partial charge in [-0.25, -0.2) is 0 Å². The number of hydrogen-bond donors (Lipinski definition) is 0. The van der Waals surface area contributed by atoms with E-state index in [-0.39, 0.29) is 0 Å². The summed E-state index contributed by atoms with van der Waals surface area (Å²) in [5, 5.41) is 7.51. The van der Waals surface area contributed by atoms with Crippen molar-refractivity contribution in [1.29, 1.82) is 0 Å². The molecule has 1 heterocycles. The first-order chi connectivity index (χ1) is 31.7. The van der Waals surface area contributed by atoms with E-state index in [4.69, 9.17) is 0 Å². The highest BCUT2D eigenvalue weighted by atomic mass is 15.1. The minimum Gasteiger partial charge on any atom is -0.311 e. The lowest BCUT2D eigenvalue weighted by atomic mass is 9.95. The minimum atomic E-state index is 1.09. The van der Waals surface area contributed by atoms with Gasteiger partial charge in [0.15, 0.2) is 0 Å². The minimum absolute atomic E-state index is 1.09. The molecular weight excluding hydrogens is 773 g/mol. The van der Waals surface area contributed by atoms with Crippen LogP contribution in [0, 0.1) is 0 Å². The summed E-state index contributed by atoms with van der Waals surface area (Å²) in [5.41, 5.74) is 16.4. The molecule has 0 radical (unpaired) electrons. The van der Waals surface area contributed by atoms with Gasteiger partial charge in [-0.2, -0.15) is 0 Å². The Morgan fingerprint density at radius 1 is 0.266 bits per heavy atom. The zero-order valence-corrected chi connectivity index (χ0v) is 35.1. The van der Waals surface area contributed by atoms with Crippen molar-refractivity contribution < 1.29 is 0 Å². The Balaban J connectivity index is 0.911. The van der Waals surface area contributed by atoms with E-state index in [1.165, 1.54) is 87.9 Å². The molecule has 64 heavy (non-hydrogen) atoms. The van der Waals surface area contributed by atoms with Gasteiger partial charge in [-0.05, 0) is 145 Å². The lowest BCUT2D eigenvalue weighted by Crippen LogP contribution is -2.09. The summed E-state index contributed by atoms with van der Waals surface area (Å²) in [7, 11) is 0. The van der Waals surface area contributed by atoms with E-state index in [9.17, 15) is 0 Å². The maximum absolute atomic E-state index is 2.39. The van der Waals surface area contributed by atoms with Crippen LogP contribution in [0.1, 0.15) is 0 Å². The third kappa shape index (κ3) is 6.70. The molecule has 12 rings (SSSR count). The van der Waals surface area contributed by atoms with E-state index in [1.54, 1.807) is 0 Å². The highest BCUT2D eigenvalue weighted by Crippen LogP contribution is 2.41. The Hall–Kier alpha value is -8.46. The molecule has 0 N–H and O–H groups in total. The quantitative estimate of drug-likeness (QED) is 0.148. The van der Waals surface area contributed by atoms with Gasteiger partial charge in [-0.1, -0.05) is 176 Å². The molecule has 0 saturated heterocycles. The van der Waals surface area contributed by atoms with Crippen LogP contribution >= 0.6 is 0 Å². The molecule has 2 nitrogen and oxygen atoms in total. The summed E-state index contributed by atoms with van der Waals surface area (Å²) in [6, 6.07) is 92.6. The number of nitrogens with zero attached hydrogens (tertiary/aromatic N) is 2. The molecule has 11 aromatic carbocycles. The number of benzene rings is 11. The third-order valence-corrected chi connectivity index (χ3v) is 12.8. The van der Waals surface area contributed by atoms with E-state index < -0.39 is 0 Å². The second-order valence-electron chi connectivity index (χ2n) is 16.6. The fraction of sp³-hybridized carbons (Fsp3) is 0. The molecule has 0 unspecified atom stereocenters. The molecule has 0 bridgehead atoms. The number of rotatable bonds is 8. The Morgan fingerprint density at radius 2 is 0.703 bits per heavy atom. The fourth-order valence-corrected chi connectivity index (χ4v) is 9.58. The number of fused-ring (bicyclic) bond motifs is 5. The summed E-state index contributed by atoms with van der Waals surface area (Å²) >= 11 is 0. The van der Waals surface area contributed by atoms with E-state index in [0.717, 1.165) is 22.7 Å². The van der Waals surface area contributed by atoms with Crippen molar-refractivity contribution >= 4 is 60.4 Å². The molecule has 2 heteroatoms. The number of anilines is 3. The number of hydrogen-bond acceptors (Lipinski definition) is 1. The highest BCUT2D eigenvalue weighted by Gasteiger charge is 2.18. The van der Waals surface area contributed by atoms with Gasteiger partial charge >= 0.3 is 0 Å². The van der Waals surface area contributed by atoms with Crippen LogP contribution in [0.4, 0.5) is 17.1 Å². The molecule has 0 fully saturated rings. The first-order valence-corrected chi connectivity index (χ1v) is 22.0. The van der Waals surface area contributed by atoms with Gasteiger partial charge in [-0.15, -0.1) is 0 Å². The van der Waals surface area contributed by atoms with Gasteiger partial charge in [0.05, 0.1) is 11.0 Å². The number of aromatic nitrogens is 1. The van der Waals surface area contributed by atoms with Crippen molar-refractivity contribution in [3.05, 3.63) is 255 Å². The molecule has 0 aliphatic carbocycles. The van der Waals surface area contributed by atoms with Crippen LogP contribution in [0.3, 0.4) is 0 Å². The summed E-state index contributed by atoms with van der Waals surface area (Å²) in [4.78, 5) is 2.36. The van der Waals surface area contributed by atoms with E-state index in [2.05, 4.69) is 264 Å². The van der Waals surface area contributed by atoms with Crippen LogP contribution < -0.4 is 4.90 Å². The summed E-state index contributed by atoms with van der Waals surface area (Å²) < 4.78 is 2.39. The molecule has 0 atom stereocenters. The zero-order valence-electron chi connectivity index (χ0n) is 35.1. The van der Waals surface area contributed by atoms with Crippen LogP contribution in [0.5, 0.6) is 0 Å². The van der Waals surface area contributed by atoms with Gasteiger partial charge in [0, 0.05) is 33.5 Å². The Kier molecular flexibility index (Phi) is 9.20. The second-order valence-corrected chi connectivity index (χ2v) is 16.6. The van der Waals surface area contributed by atoms with Gasteiger partial charge in [0.1, 0.15) is 0 Å². The molecular formula is C62H42N2. The van der Waals surface area contributed by atoms with Crippen molar-refractivity contribution in [2.24, 2.45) is 0 Å². The maximum Gasteiger partial charge on any atom is 0.0547 e. The van der Waals surface area contributed by atoms with Crippen molar-refractivity contribution in [3.63, 3.8) is 0 Å². The van der Waals surface area contributed by atoms with Crippen molar-refractivity contribution in [3.8, 4) is 50.2 Å².